The minimum Gasteiger partial charge on any atom is -0.465 e. The zero-order valence-corrected chi connectivity index (χ0v) is 13.4. The van der Waals surface area contributed by atoms with Gasteiger partial charge in [0.2, 0.25) is 10.0 Å². The van der Waals surface area contributed by atoms with E-state index in [0.717, 1.165) is 5.75 Å². The number of ether oxygens (including phenoxy) is 1. The number of nitrogens with one attached hydrogen (secondary N) is 1. The van der Waals surface area contributed by atoms with E-state index in [-0.39, 0.29) is 23.6 Å². The first kappa shape index (κ1) is 18.0. The Morgan fingerprint density at radius 2 is 2.05 bits per heavy atom. The van der Waals surface area contributed by atoms with Crippen molar-refractivity contribution >= 4 is 27.8 Å². The molecule has 0 aliphatic heterocycles. The largest absolute Gasteiger partial charge is 0.465 e. The second kappa shape index (κ2) is 9.04. The minimum atomic E-state index is -3.75. The Balaban J connectivity index is 2.68. The lowest BCUT2D eigenvalue weighted by molar-refractivity contribution is 0.0596. The lowest BCUT2D eigenvalue weighted by atomic mass is 10.2. The van der Waals surface area contributed by atoms with Gasteiger partial charge >= 0.3 is 5.97 Å². The molecule has 0 amide bonds. The Labute approximate surface area is 128 Å². The number of aliphatic hydroxyl groups is 1. The maximum atomic E-state index is 12.2. The van der Waals surface area contributed by atoms with Gasteiger partial charge in [0.15, 0.2) is 0 Å². The first-order valence-corrected chi connectivity index (χ1v) is 9.02. The molecule has 0 unspecified atom stereocenters. The third-order valence-corrected chi connectivity index (χ3v) is 5.16. The Bertz CT molecular complexity index is 559. The summed E-state index contributed by atoms with van der Waals surface area (Å²) in [5.74, 6) is 0.685. The van der Waals surface area contributed by atoms with E-state index in [9.17, 15) is 13.2 Å². The van der Waals surface area contributed by atoms with E-state index in [1.807, 2.05) is 0 Å². The first-order chi connectivity index (χ1) is 10.0. The Morgan fingerprint density at radius 3 is 2.71 bits per heavy atom. The fraction of sp³-hybridized carbons (Fsp3) is 0.462. The second-order valence-electron chi connectivity index (χ2n) is 4.08. The molecule has 1 aromatic rings. The van der Waals surface area contributed by atoms with Gasteiger partial charge in [0.1, 0.15) is 0 Å². The number of benzene rings is 1. The number of methoxy groups -OCH3 is 1. The van der Waals surface area contributed by atoms with Crippen LogP contribution >= 0.6 is 11.8 Å². The third kappa shape index (κ3) is 5.66. The molecule has 0 atom stereocenters. The maximum absolute atomic E-state index is 12.2. The summed E-state index contributed by atoms with van der Waals surface area (Å²) in [5, 5.41) is 8.64. The van der Waals surface area contributed by atoms with Crippen LogP contribution in [-0.4, -0.2) is 51.3 Å². The number of rotatable bonds is 9. The lowest BCUT2D eigenvalue weighted by Gasteiger charge is -2.10. The van der Waals surface area contributed by atoms with Crippen LogP contribution in [0.15, 0.2) is 29.2 Å². The summed E-state index contributed by atoms with van der Waals surface area (Å²) in [4.78, 5) is 11.5. The highest BCUT2D eigenvalue weighted by Gasteiger charge is 2.21. The summed E-state index contributed by atoms with van der Waals surface area (Å²) >= 11 is 1.55. The number of aliphatic hydroxyl groups excluding tert-OH is 1. The molecule has 0 heterocycles. The van der Waals surface area contributed by atoms with Crippen LogP contribution < -0.4 is 4.72 Å². The normalized spacial score (nSPS) is 11.3. The predicted octanol–water partition coefficient (Wildman–Crippen LogP) is 0.867. The average Bonchev–Trinajstić information content (AvgIpc) is 2.50. The number of carbonyl (C=O) groups is 1. The molecule has 8 heteroatoms. The van der Waals surface area contributed by atoms with Crippen LogP contribution in [-0.2, 0) is 14.8 Å². The van der Waals surface area contributed by atoms with Gasteiger partial charge in [-0.05, 0) is 24.3 Å². The van der Waals surface area contributed by atoms with Crippen molar-refractivity contribution in [3.63, 3.8) is 0 Å². The van der Waals surface area contributed by atoms with Gasteiger partial charge in [-0.1, -0.05) is 12.1 Å². The van der Waals surface area contributed by atoms with Crippen molar-refractivity contribution in [1.82, 2.24) is 4.72 Å². The third-order valence-electron chi connectivity index (χ3n) is 2.57. The predicted molar refractivity (Wildman–Crippen MR) is 82.0 cm³/mol. The SMILES string of the molecule is COC(=O)c1ccccc1S(=O)(=O)NCCSCCCO. The van der Waals surface area contributed by atoms with E-state index in [2.05, 4.69) is 9.46 Å². The quantitative estimate of drug-likeness (QED) is 0.514. The molecule has 0 radical (unpaired) electrons. The molecule has 0 aliphatic carbocycles. The van der Waals surface area contributed by atoms with Crippen molar-refractivity contribution in [3.8, 4) is 0 Å². The van der Waals surface area contributed by atoms with Gasteiger partial charge < -0.3 is 9.84 Å². The van der Waals surface area contributed by atoms with Crippen LogP contribution in [0.25, 0.3) is 0 Å². The fourth-order valence-corrected chi connectivity index (χ4v) is 3.71. The lowest BCUT2D eigenvalue weighted by Crippen LogP contribution is -2.27. The molecule has 0 saturated carbocycles. The highest BCUT2D eigenvalue weighted by Crippen LogP contribution is 2.16. The summed E-state index contributed by atoms with van der Waals surface area (Å²) in [7, 11) is -2.55. The molecule has 1 rings (SSSR count). The van der Waals surface area contributed by atoms with Crippen LogP contribution in [0.4, 0.5) is 0 Å². The van der Waals surface area contributed by atoms with Crippen molar-refractivity contribution in [3.05, 3.63) is 29.8 Å². The topological polar surface area (TPSA) is 92.7 Å². The Kier molecular flexibility index (Phi) is 7.73. The van der Waals surface area contributed by atoms with Crippen molar-refractivity contribution in [1.29, 1.82) is 0 Å². The van der Waals surface area contributed by atoms with Gasteiger partial charge in [0.05, 0.1) is 17.6 Å². The number of hydrogen-bond acceptors (Lipinski definition) is 6. The monoisotopic (exact) mass is 333 g/mol. The average molecular weight is 333 g/mol. The summed E-state index contributed by atoms with van der Waals surface area (Å²) < 4.78 is 31.4. The van der Waals surface area contributed by atoms with E-state index < -0.39 is 16.0 Å². The van der Waals surface area contributed by atoms with Crippen LogP contribution in [0.1, 0.15) is 16.8 Å². The highest BCUT2D eigenvalue weighted by atomic mass is 32.2. The first-order valence-electron chi connectivity index (χ1n) is 6.38. The fourth-order valence-electron chi connectivity index (χ4n) is 1.57. The zero-order valence-electron chi connectivity index (χ0n) is 11.7. The van der Waals surface area contributed by atoms with Gasteiger partial charge in [0, 0.05) is 18.9 Å². The van der Waals surface area contributed by atoms with E-state index in [1.54, 1.807) is 23.9 Å². The van der Waals surface area contributed by atoms with Crippen molar-refractivity contribution < 1.29 is 23.1 Å². The molecule has 0 saturated heterocycles. The van der Waals surface area contributed by atoms with Gasteiger partial charge in [0.25, 0.3) is 0 Å². The molecule has 0 fully saturated rings. The Hall–Kier alpha value is -1.09. The van der Waals surface area contributed by atoms with E-state index in [0.29, 0.717) is 12.2 Å². The molecular formula is C13H19NO5S2. The summed E-state index contributed by atoms with van der Waals surface area (Å²) in [6.45, 7) is 0.388. The molecule has 0 spiro atoms. The van der Waals surface area contributed by atoms with Gasteiger partial charge in [-0.2, -0.15) is 11.8 Å². The molecule has 0 aromatic heterocycles. The van der Waals surface area contributed by atoms with Gasteiger partial charge in [-0.25, -0.2) is 17.9 Å². The summed E-state index contributed by atoms with van der Waals surface area (Å²) in [6.07, 6.45) is 0.683. The molecule has 21 heavy (non-hydrogen) atoms. The van der Waals surface area contributed by atoms with Crippen LogP contribution in [0.3, 0.4) is 0 Å². The van der Waals surface area contributed by atoms with Crippen molar-refractivity contribution in [2.24, 2.45) is 0 Å². The molecule has 118 valence electrons. The van der Waals surface area contributed by atoms with E-state index >= 15 is 0 Å². The smallest absolute Gasteiger partial charge is 0.339 e. The summed E-state index contributed by atoms with van der Waals surface area (Å²) in [5.41, 5.74) is 0.0143. The van der Waals surface area contributed by atoms with Gasteiger partial charge in [-0.3, -0.25) is 0 Å². The Morgan fingerprint density at radius 1 is 1.33 bits per heavy atom. The number of esters is 1. The van der Waals surface area contributed by atoms with Gasteiger partial charge in [-0.15, -0.1) is 0 Å². The number of sulfonamides is 1. The van der Waals surface area contributed by atoms with E-state index in [4.69, 9.17) is 5.11 Å². The van der Waals surface area contributed by atoms with Crippen LogP contribution in [0, 0.1) is 0 Å². The summed E-state index contributed by atoms with van der Waals surface area (Å²) in [6, 6.07) is 5.91. The second-order valence-corrected chi connectivity index (χ2v) is 7.04. The van der Waals surface area contributed by atoms with Crippen molar-refractivity contribution in [2.75, 3.05) is 31.8 Å². The number of thioether (sulfide) groups is 1. The van der Waals surface area contributed by atoms with Crippen LogP contribution in [0.2, 0.25) is 0 Å². The number of carbonyl (C=O) groups excluding carboxylic acids is 1. The minimum absolute atomic E-state index is 0.0143. The molecule has 0 aliphatic rings. The van der Waals surface area contributed by atoms with Crippen LogP contribution in [0.5, 0.6) is 0 Å². The highest BCUT2D eigenvalue weighted by molar-refractivity contribution is 7.99. The number of hydrogen-bond donors (Lipinski definition) is 2. The standard InChI is InChI=1S/C13H19NO5S2/c1-19-13(16)11-5-2-3-6-12(11)21(17,18)14-7-10-20-9-4-8-15/h2-3,5-6,14-15H,4,7-10H2,1H3. The van der Waals surface area contributed by atoms with E-state index in [1.165, 1.54) is 19.2 Å². The molecule has 1 aromatic carbocycles. The van der Waals surface area contributed by atoms with Crippen molar-refractivity contribution in [2.45, 2.75) is 11.3 Å². The molecule has 2 N–H and O–H groups in total. The zero-order chi connectivity index (χ0) is 15.7. The molecule has 6 nitrogen and oxygen atoms in total. The molecule has 0 bridgehead atoms. The maximum Gasteiger partial charge on any atom is 0.339 e. The molecular weight excluding hydrogens is 314 g/mol.